The summed E-state index contributed by atoms with van der Waals surface area (Å²) in [5.41, 5.74) is 1.19. The molecule has 1 aromatic carbocycles. The molecule has 1 aromatic heterocycles. The summed E-state index contributed by atoms with van der Waals surface area (Å²) in [4.78, 5) is 2.23. The molecule has 0 radical (unpaired) electrons. The molecule has 4 nitrogen and oxygen atoms in total. The Morgan fingerprint density at radius 2 is 2.00 bits per heavy atom. The van der Waals surface area contributed by atoms with Crippen LogP contribution < -0.4 is 4.90 Å². The first-order valence-electron chi connectivity index (χ1n) is 6.28. The zero-order chi connectivity index (χ0) is 12.4. The van der Waals surface area contributed by atoms with Crippen LogP contribution in [0.2, 0.25) is 0 Å². The molecule has 0 N–H and O–H groups in total. The number of fused-ring (bicyclic) bond motifs is 1. The lowest BCUT2D eigenvalue weighted by molar-refractivity contribution is 0.703. The van der Waals surface area contributed by atoms with Crippen molar-refractivity contribution < 1.29 is 0 Å². The summed E-state index contributed by atoms with van der Waals surface area (Å²) >= 11 is 1.79. The largest absolute Gasteiger partial charge is 0.309 e. The number of benzene rings is 1. The highest BCUT2D eigenvalue weighted by Gasteiger charge is 2.25. The molecule has 94 valence electrons. The van der Waals surface area contributed by atoms with E-state index in [-0.39, 0.29) is 0 Å². The zero-order valence-electron chi connectivity index (χ0n) is 10.4. The maximum Gasteiger partial charge on any atom is 0.232 e. The van der Waals surface area contributed by atoms with Crippen LogP contribution in [0.15, 0.2) is 35.5 Å². The molecule has 2 heterocycles. The summed E-state index contributed by atoms with van der Waals surface area (Å²) in [6, 6.07) is 10.4. The number of thioether (sulfide) groups is 1. The van der Waals surface area contributed by atoms with E-state index in [1.807, 2.05) is 6.07 Å². The molecule has 0 saturated carbocycles. The number of hydrogen-bond acceptors (Lipinski definition) is 4. The highest BCUT2D eigenvalue weighted by molar-refractivity contribution is 7.99. The van der Waals surface area contributed by atoms with Crippen molar-refractivity contribution in [1.82, 2.24) is 14.8 Å². The van der Waals surface area contributed by atoms with Gasteiger partial charge >= 0.3 is 0 Å². The van der Waals surface area contributed by atoms with Crippen LogP contribution >= 0.6 is 11.8 Å². The lowest BCUT2D eigenvalue weighted by Gasteiger charge is -2.14. The fourth-order valence-corrected chi connectivity index (χ4v) is 2.94. The van der Waals surface area contributed by atoms with Gasteiger partial charge in [0.1, 0.15) is 0 Å². The number of hydrogen-bond donors (Lipinski definition) is 0. The van der Waals surface area contributed by atoms with E-state index in [1.165, 1.54) is 5.69 Å². The molecule has 2 aromatic rings. The maximum absolute atomic E-state index is 4.33. The molecule has 0 atom stereocenters. The average Bonchev–Trinajstić information content (AvgIpc) is 2.99. The number of rotatable bonds is 4. The summed E-state index contributed by atoms with van der Waals surface area (Å²) in [7, 11) is 0. The molecule has 18 heavy (non-hydrogen) atoms. The van der Waals surface area contributed by atoms with Gasteiger partial charge in [0.15, 0.2) is 5.16 Å². The lowest BCUT2D eigenvalue weighted by Crippen LogP contribution is -2.13. The maximum atomic E-state index is 4.33. The first-order valence-corrected chi connectivity index (χ1v) is 7.27. The van der Waals surface area contributed by atoms with E-state index in [2.05, 4.69) is 50.9 Å². The third-order valence-electron chi connectivity index (χ3n) is 2.99. The van der Waals surface area contributed by atoms with Gasteiger partial charge in [-0.15, -0.1) is 10.2 Å². The van der Waals surface area contributed by atoms with Gasteiger partial charge in [-0.1, -0.05) is 36.9 Å². The molecule has 0 bridgehead atoms. The summed E-state index contributed by atoms with van der Waals surface area (Å²) < 4.78 is 2.22. The molecular formula is C13H16N4S. The van der Waals surface area contributed by atoms with Crippen molar-refractivity contribution in [1.29, 1.82) is 0 Å². The molecule has 0 aliphatic carbocycles. The van der Waals surface area contributed by atoms with E-state index in [0.717, 1.165) is 36.4 Å². The minimum atomic E-state index is 0.972. The van der Waals surface area contributed by atoms with Crippen LogP contribution in [0.25, 0.3) is 0 Å². The number of para-hydroxylation sites is 1. The minimum absolute atomic E-state index is 0.972. The Morgan fingerprint density at radius 1 is 1.17 bits per heavy atom. The average molecular weight is 260 g/mol. The molecular weight excluding hydrogens is 244 g/mol. The van der Waals surface area contributed by atoms with E-state index >= 15 is 0 Å². The summed E-state index contributed by atoms with van der Waals surface area (Å²) in [5.74, 6) is 2.07. The molecule has 3 rings (SSSR count). The van der Waals surface area contributed by atoms with Crippen molar-refractivity contribution >= 4 is 23.4 Å². The SMILES string of the molecule is CCCSc1nnc2n1CCN2c1ccccc1. The third-order valence-corrected chi connectivity index (χ3v) is 4.16. The standard InChI is InChI=1S/C13H16N4S/c1-2-10-18-13-15-14-12-16(8-9-17(12)13)11-6-4-3-5-7-11/h3-7H,2,8-10H2,1H3. The van der Waals surface area contributed by atoms with Gasteiger partial charge in [-0.3, -0.25) is 4.57 Å². The summed E-state index contributed by atoms with van der Waals surface area (Å²) in [5, 5.41) is 9.66. The van der Waals surface area contributed by atoms with Crippen molar-refractivity contribution in [2.75, 3.05) is 17.2 Å². The van der Waals surface area contributed by atoms with E-state index in [1.54, 1.807) is 11.8 Å². The zero-order valence-corrected chi connectivity index (χ0v) is 11.2. The van der Waals surface area contributed by atoms with Crippen molar-refractivity contribution in [3.05, 3.63) is 30.3 Å². The van der Waals surface area contributed by atoms with Crippen LogP contribution in [-0.4, -0.2) is 27.1 Å². The fraction of sp³-hybridized carbons (Fsp3) is 0.385. The first-order chi connectivity index (χ1) is 8.90. The van der Waals surface area contributed by atoms with E-state index in [0.29, 0.717) is 0 Å². The molecule has 0 saturated heterocycles. The third kappa shape index (κ3) is 1.99. The normalized spacial score (nSPS) is 13.9. The van der Waals surface area contributed by atoms with Crippen molar-refractivity contribution in [2.24, 2.45) is 0 Å². The van der Waals surface area contributed by atoms with Gasteiger partial charge in [0.05, 0.1) is 0 Å². The Morgan fingerprint density at radius 3 is 2.78 bits per heavy atom. The van der Waals surface area contributed by atoms with Crippen LogP contribution in [0.1, 0.15) is 13.3 Å². The fourth-order valence-electron chi connectivity index (χ4n) is 2.13. The molecule has 5 heteroatoms. The van der Waals surface area contributed by atoms with Crippen LogP contribution in [0.5, 0.6) is 0 Å². The van der Waals surface area contributed by atoms with Gasteiger partial charge in [-0.2, -0.15) is 0 Å². The van der Waals surface area contributed by atoms with Gasteiger partial charge in [-0.25, -0.2) is 0 Å². The molecule has 1 aliphatic rings. The second-order valence-electron chi connectivity index (χ2n) is 4.27. The monoisotopic (exact) mass is 260 g/mol. The molecule has 1 aliphatic heterocycles. The van der Waals surface area contributed by atoms with Gasteiger partial charge in [0.25, 0.3) is 0 Å². The first kappa shape index (κ1) is 11.6. The number of anilines is 2. The smallest absolute Gasteiger partial charge is 0.232 e. The van der Waals surface area contributed by atoms with Gasteiger partial charge in [0, 0.05) is 24.5 Å². The topological polar surface area (TPSA) is 34.0 Å². The van der Waals surface area contributed by atoms with E-state index in [4.69, 9.17) is 0 Å². The Labute approximate surface area is 111 Å². The molecule has 0 amide bonds. The van der Waals surface area contributed by atoms with Crippen LogP contribution in [0, 0.1) is 0 Å². The van der Waals surface area contributed by atoms with Crippen LogP contribution in [-0.2, 0) is 6.54 Å². The Kier molecular flexibility index (Phi) is 3.23. The summed E-state index contributed by atoms with van der Waals surface area (Å²) in [6.07, 6.45) is 1.16. The van der Waals surface area contributed by atoms with E-state index < -0.39 is 0 Å². The molecule has 0 spiro atoms. The highest BCUT2D eigenvalue weighted by Crippen LogP contribution is 2.31. The van der Waals surface area contributed by atoms with Crippen molar-refractivity contribution in [2.45, 2.75) is 25.0 Å². The molecule has 0 fully saturated rings. The minimum Gasteiger partial charge on any atom is -0.309 e. The second kappa shape index (κ2) is 5.02. The van der Waals surface area contributed by atoms with Crippen molar-refractivity contribution in [3.63, 3.8) is 0 Å². The van der Waals surface area contributed by atoms with Crippen LogP contribution in [0.3, 0.4) is 0 Å². The summed E-state index contributed by atoms with van der Waals surface area (Å²) in [6.45, 7) is 4.14. The highest BCUT2D eigenvalue weighted by atomic mass is 32.2. The van der Waals surface area contributed by atoms with E-state index in [9.17, 15) is 0 Å². The lowest BCUT2D eigenvalue weighted by atomic mass is 10.3. The predicted octanol–water partition coefficient (Wildman–Crippen LogP) is 2.93. The number of aromatic nitrogens is 3. The Hall–Kier alpha value is -1.49. The Balaban J connectivity index is 1.87. The van der Waals surface area contributed by atoms with Gasteiger partial charge in [-0.05, 0) is 18.6 Å². The Bertz CT molecular complexity index is 523. The van der Waals surface area contributed by atoms with Crippen LogP contribution in [0.4, 0.5) is 11.6 Å². The second-order valence-corrected chi connectivity index (χ2v) is 5.33. The predicted molar refractivity (Wildman–Crippen MR) is 74.5 cm³/mol. The van der Waals surface area contributed by atoms with Crippen molar-refractivity contribution in [3.8, 4) is 0 Å². The van der Waals surface area contributed by atoms with Gasteiger partial charge in [0.2, 0.25) is 5.95 Å². The number of nitrogens with zero attached hydrogens (tertiary/aromatic N) is 4. The quantitative estimate of drug-likeness (QED) is 0.792. The van der Waals surface area contributed by atoms with Gasteiger partial charge < -0.3 is 4.90 Å². The molecule has 0 unspecified atom stereocenters.